The third kappa shape index (κ3) is 3.46. The van der Waals surface area contributed by atoms with Crippen molar-refractivity contribution < 1.29 is 9.53 Å². The molecule has 7 heteroatoms. The number of thioether (sulfide) groups is 1. The SMILES string of the molecule is CCOc1ccc2nc(SCC(=O)N3CCc4[nH]c5ccccc5c4C3)[nH]c2c1. The number of aromatic nitrogens is 3. The molecule has 2 aromatic heterocycles. The molecule has 0 fully saturated rings. The fourth-order valence-corrected chi connectivity index (χ4v) is 4.68. The van der Waals surface area contributed by atoms with Gasteiger partial charge in [0.1, 0.15) is 5.75 Å². The molecule has 4 aromatic rings. The van der Waals surface area contributed by atoms with Crippen LogP contribution in [0.3, 0.4) is 0 Å². The minimum Gasteiger partial charge on any atom is -0.494 e. The number of para-hydroxylation sites is 1. The summed E-state index contributed by atoms with van der Waals surface area (Å²) in [5.41, 5.74) is 5.45. The first-order chi connectivity index (χ1) is 14.2. The van der Waals surface area contributed by atoms with Crippen molar-refractivity contribution in [3.8, 4) is 5.75 Å². The van der Waals surface area contributed by atoms with E-state index in [0.717, 1.165) is 40.4 Å². The van der Waals surface area contributed by atoms with Crippen LogP contribution in [-0.4, -0.2) is 44.7 Å². The zero-order chi connectivity index (χ0) is 19.8. The number of imidazole rings is 1. The summed E-state index contributed by atoms with van der Waals surface area (Å²) in [6.45, 7) is 4.00. The van der Waals surface area contributed by atoms with Gasteiger partial charge >= 0.3 is 0 Å². The average molecular weight is 407 g/mol. The van der Waals surface area contributed by atoms with Crippen LogP contribution < -0.4 is 4.74 Å². The van der Waals surface area contributed by atoms with Crippen LogP contribution in [0.4, 0.5) is 0 Å². The van der Waals surface area contributed by atoms with Crippen molar-refractivity contribution in [3.05, 3.63) is 53.7 Å². The molecule has 0 saturated heterocycles. The maximum atomic E-state index is 12.8. The predicted octanol–water partition coefficient (Wildman–Crippen LogP) is 4.12. The molecule has 6 nitrogen and oxygen atoms in total. The number of H-pyrrole nitrogens is 2. The first-order valence-electron chi connectivity index (χ1n) is 9.83. The lowest BCUT2D eigenvalue weighted by Gasteiger charge is -2.27. The molecule has 2 aromatic carbocycles. The Bertz CT molecular complexity index is 1200. The number of ether oxygens (including phenoxy) is 1. The van der Waals surface area contributed by atoms with Gasteiger partial charge in [-0.3, -0.25) is 4.79 Å². The minimum absolute atomic E-state index is 0.140. The van der Waals surface area contributed by atoms with E-state index in [4.69, 9.17) is 4.74 Å². The number of benzene rings is 2. The molecule has 0 unspecified atom stereocenters. The molecule has 2 N–H and O–H groups in total. The maximum Gasteiger partial charge on any atom is 0.233 e. The second-order valence-electron chi connectivity index (χ2n) is 7.14. The maximum absolute atomic E-state index is 12.8. The lowest BCUT2D eigenvalue weighted by molar-refractivity contribution is -0.129. The molecular weight excluding hydrogens is 384 g/mol. The summed E-state index contributed by atoms with van der Waals surface area (Å²) in [6, 6.07) is 14.1. The minimum atomic E-state index is 0.140. The Balaban J connectivity index is 1.27. The fourth-order valence-electron chi connectivity index (χ4n) is 3.89. The van der Waals surface area contributed by atoms with Crippen LogP contribution in [0.15, 0.2) is 47.6 Å². The Labute approximate surface area is 172 Å². The largest absolute Gasteiger partial charge is 0.494 e. The van der Waals surface area contributed by atoms with Gasteiger partial charge in [-0.1, -0.05) is 30.0 Å². The van der Waals surface area contributed by atoms with Crippen LogP contribution in [0.2, 0.25) is 0 Å². The van der Waals surface area contributed by atoms with Crippen LogP contribution in [-0.2, 0) is 17.8 Å². The number of rotatable bonds is 5. The molecule has 5 rings (SSSR count). The van der Waals surface area contributed by atoms with Crippen molar-refractivity contribution in [2.45, 2.75) is 25.0 Å². The number of nitrogens with zero attached hydrogens (tertiary/aromatic N) is 2. The predicted molar refractivity (Wildman–Crippen MR) is 115 cm³/mol. The summed E-state index contributed by atoms with van der Waals surface area (Å²) < 4.78 is 5.54. The summed E-state index contributed by atoms with van der Waals surface area (Å²) in [5, 5.41) is 1.97. The first-order valence-corrected chi connectivity index (χ1v) is 10.8. The zero-order valence-corrected chi connectivity index (χ0v) is 17.0. The molecule has 0 radical (unpaired) electrons. The zero-order valence-electron chi connectivity index (χ0n) is 16.2. The van der Waals surface area contributed by atoms with Crippen LogP contribution in [0.5, 0.6) is 5.75 Å². The van der Waals surface area contributed by atoms with E-state index in [1.54, 1.807) is 0 Å². The lowest BCUT2D eigenvalue weighted by atomic mass is 10.0. The summed E-state index contributed by atoms with van der Waals surface area (Å²) >= 11 is 1.45. The Morgan fingerprint density at radius 1 is 1.21 bits per heavy atom. The van der Waals surface area contributed by atoms with Crippen molar-refractivity contribution >= 4 is 39.6 Å². The molecular formula is C22H22N4O2S. The molecule has 1 aliphatic heterocycles. The van der Waals surface area contributed by atoms with E-state index in [-0.39, 0.29) is 5.91 Å². The molecule has 0 atom stereocenters. The van der Waals surface area contributed by atoms with Gasteiger partial charge in [0.05, 0.1) is 23.4 Å². The van der Waals surface area contributed by atoms with Crippen molar-refractivity contribution in [2.75, 3.05) is 18.9 Å². The number of carbonyl (C=O) groups is 1. The summed E-state index contributed by atoms with van der Waals surface area (Å²) in [5.74, 6) is 1.33. The highest BCUT2D eigenvalue weighted by Gasteiger charge is 2.24. The van der Waals surface area contributed by atoms with E-state index in [0.29, 0.717) is 18.9 Å². The van der Waals surface area contributed by atoms with E-state index in [2.05, 4.69) is 27.1 Å². The van der Waals surface area contributed by atoms with E-state index in [1.165, 1.54) is 28.4 Å². The van der Waals surface area contributed by atoms with Gasteiger partial charge in [0, 0.05) is 47.7 Å². The Kier molecular flexibility index (Phi) is 4.67. The molecule has 0 bridgehead atoms. The highest BCUT2D eigenvalue weighted by molar-refractivity contribution is 7.99. The second-order valence-corrected chi connectivity index (χ2v) is 8.10. The average Bonchev–Trinajstić information content (AvgIpc) is 3.32. The molecule has 3 heterocycles. The quantitative estimate of drug-likeness (QED) is 0.489. The summed E-state index contributed by atoms with van der Waals surface area (Å²) in [4.78, 5) is 26.1. The molecule has 148 valence electrons. The van der Waals surface area contributed by atoms with E-state index in [1.807, 2.05) is 42.2 Å². The number of hydrogen-bond donors (Lipinski definition) is 2. The monoisotopic (exact) mass is 406 g/mol. The molecule has 29 heavy (non-hydrogen) atoms. The highest BCUT2D eigenvalue weighted by Crippen LogP contribution is 2.28. The van der Waals surface area contributed by atoms with Gasteiger partial charge in [0.15, 0.2) is 5.16 Å². The number of hydrogen-bond acceptors (Lipinski definition) is 4. The topological polar surface area (TPSA) is 74.0 Å². The third-order valence-electron chi connectivity index (χ3n) is 5.31. The highest BCUT2D eigenvalue weighted by atomic mass is 32.2. The second kappa shape index (κ2) is 7.48. The standard InChI is InChI=1S/C22H22N4O2S/c1-2-28-14-7-8-19-20(11-14)25-22(24-19)29-13-21(27)26-10-9-18-16(12-26)15-5-3-4-6-17(15)23-18/h3-8,11,23H,2,9-10,12-13H2,1H3,(H,24,25). The van der Waals surface area contributed by atoms with Gasteiger partial charge in [0.25, 0.3) is 0 Å². The van der Waals surface area contributed by atoms with Crippen LogP contribution in [0.25, 0.3) is 21.9 Å². The van der Waals surface area contributed by atoms with Crippen LogP contribution in [0.1, 0.15) is 18.2 Å². The van der Waals surface area contributed by atoms with Gasteiger partial charge in [0.2, 0.25) is 5.91 Å². The van der Waals surface area contributed by atoms with Crippen LogP contribution >= 0.6 is 11.8 Å². The van der Waals surface area contributed by atoms with E-state index < -0.39 is 0 Å². The van der Waals surface area contributed by atoms with E-state index >= 15 is 0 Å². The van der Waals surface area contributed by atoms with Gasteiger partial charge in [-0.05, 0) is 25.1 Å². The van der Waals surface area contributed by atoms with Crippen molar-refractivity contribution in [1.82, 2.24) is 19.9 Å². The van der Waals surface area contributed by atoms with Gasteiger partial charge in [-0.15, -0.1) is 0 Å². The summed E-state index contributed by atoms with van der Waals surface area (Å²) in [6.07, 6.45) is 0.866. The fraction of sp³-hybridized carbons (Fsp3) is 0.273. The lowest BCUT2D eigenvalue weighted by Crippen LogP contribution is -2.36. The molecule has 0 saturated carbocycles. The number of amides is 1. The third-order valence-corrected chi connectivity index (χ3v) is 6.17. The Morgan fingerprint density at radius 2 is 2.10 bits per heavy atom. The normalized spacial score (nSPS) is 13.8. The number of nitrogens with one attached hydrogen (secondary N) is 2. The molecule has 0 spiro atoms. The Hall–Kier alpha value is -2.93. The van der Waals surface area contributed by atoms with Crippen molar-refractivity contribution in [1.29, 1.82) is 0 Å². The smallest absolute Gasteiger partial charge is 0.233 e. The van der Waals surface area contributed by atoms with Gasteiger partial charge in [-0.25, -0.2) is 4.98 Å². The number of aromatic amines is 2. The Morgan fingerprint density at radius 3 is 3.00 bits per heavy atom. The van der Waals surface area contributed by atoms with Gasteiger partial charge in [-0.2, -0.15) is 0 Å². The van der Waals surface area contributed by atoms with E-state index in [9.17, 15) is 4.79 Å². The molecule has 1 aliphatic rings. The summed E-state index contributed by atoms with van der Waals surface area (Å²) in [7, 11) is 0. The number of carbonyl (C=O) groups excluding carboxylic acids is 1. The van der Waals surface area contributed by atoms with Crippen LogP contribution in [0, 0.1) is 0 Å². The molecule has 1 amide bonds. The van der Waals surface area contributed by atoms with Gasteiger partial charge < -0.3 is 19.6 Å². The number of fused-ring (bicyclic) bond motifs is 4. The first kappa shape index (κ1) is 18.1. The molecule has 0 aliphatic carbocycles. The van der Waals surface area contributed by atoms with Crippen molar-refractivity contribution in [2.24, 2.45) is 0 Å². The van der Waals surface area contributed by atoms with Crippen molar-refractivity contribution in [3.63, 3.8) is 0 Å².